The molecule has 0 aliphatic carbocycles. The average molecular weight is 284 g/mol. The molecule has 0 fully saturated rings. The largest absolute Gasteiger partial charge is 0.217 e. The molecular formula is C13H17FN2O2S. The van der Waals surface area contributed by atoms with Crippen LogP contribution in [0.1, 0.15) is 44.9 Å². The molecule has 19 heavy (non-hydrogen) atoms. The van der Waals surface area contributed by atoms with Gasteiger partial charge in [-0.15, -0.1) is 0 Å². The molecule has 0 aliphatic heterocycles. The summed E-state index contributed by atoms with van der Waals surface area (Å²) in [5.74, 6) is -0.539. The first-order valence-corrected chi connectivity index (χ1v) is 7.28. The molecule has 1 aromatic rings. The van der Waals surface area contributed by atoms with Crippen LogP contribution in [0.2, 0.25) is 0 Å². The SMILES string of the molecule is C[C@H](NS(=O)(=O)C(C)(C)C)c1cc(C#N)ccc1F. The number of nitriles is 1. The summed E-state index contributed by atoms with van der Waals surface area (Å²) in [5.41, 5.74) is 0.449. The van der Waals surface area contributed by atoms with Crippen molar-refractivity contribution in [3.05, 3.63) is 35.1 Å². The second kappa shape index (κ2) is 5.27. The van der Waals surface area contributed by atoms with Crippen molar-refractivity contribution in [2.24, 2.45) is 0 Å². The maximum absolute atomic E-state index is 13.7. The van der Waals surface area contributed by atoms with Crippen LogP contribution in [-0.4, -0.2) is 13.2 Å². The number of sulfonamides is 1. The van der Waals surface area contributed by atoms with Crippen molar-refractivity contribution >= 4 is 10.0 Å². The molecule has 0 aliphatic rings. The van der Waals surface area contributed by atoms with Crippen LogP contribution in [0, 0.1) is 17.1 Å². The summed E-state index contributed by atoms with van der Waals surface area (Å²) in [4.78, 5) is 0. The van der Waals surface area contributed by atoms with Gasteiger partial charge >= 0.3 is 0 Å². The smallest absolute Gasteiger partial charge is 0.212 e. The van der Waals surface area contributed by atoms with Gasteiger partial charge in [0.15, 0.2) is 0 Å². The molecule has 104 valence electrons. The number of halogens is 1. The zero-order valence-corrected chi connectivity index (χ0v) is 12.2. The van der Waals surface area contributed by atoms with Crippen LogP contribution in [-0.2, 0) is 10.0 Å². The lowest BCUT2D eigenvalue weighted by atomic mass is 10.1. The summed E-state index contributed by atoms with van der Waals surface area (Å²) in [6, 6.07) is 5.03. The number of benzene rings is 1. The monoisotopic (exact) mass is 284 g/mol. The fourth-order valence-electron chi connectivity index (χ4n) is 1.42. The topological polar surface area (TPSA) is 70.0 Å². The third-order valence-corrected chi connectivity index (χ3v) is 5.01. The molecule has 0 spiro atoms. The van der Waals surface area contributed by atoms with E-state index in [0.29, 0.717) is 5.56 Å². The molecule has 0 saturated heterocycles. The van der Waals surface area contributed by atoms with E-state index < -0.39 is 26.6 Å². The van der Waals surface area contributed by atoms with E-state index >= 15 is 0 Å². The highest BCUT2D eigenvalue weighted by atomic mass is 32.2. The van der Waals surface area contributed by atoms with Crippen molar-refractivity contribution in [1.82, 2.24) is 4.72 Å². The summed E-state index contributed by atoms with van der Waals surface area (Å²) in [7, 11) is -3.58. The predicted octanol–water partition coefficient (Wildman–Crippen LogP) is 2.48. The van der Waals surface area contributed by atoms with Gasteiger partial charge in [0.2, 0.25) is 10.0 Å². The molecule has 0 aromatic heterocycles. The van der Waals surface area contributed by atoms with E-state index in [1.165, 1.54) is 12.1 Å². The van der Waals surface area contributed by atoms with Crippen LogP contribution in [0.15, 0.2) is 18.2 Å². The molecule has 4 nitrogen and oxygen atoms in total. The zero-order chi connectivity index (χ0) is 14.8. The molecule has 0 radical (unpaired) electrons. The first kappa shape index (κ1) is 15.6. The van der Waals surface area contributed by atoms with E-state index in [0.717, 1.165) is 6.07 Å². The number of hydrogen-bond acceptors (Lipinski definition) is 3. The Morgan fingerprint density at radius 1 is 1.37 bits per heavy atom. The predicted molar refractivity (Wildman–Crippen MR) is 71.3 cm³/mol. The Morgan fingerprint density at radius 2 is 1.95 bits per heavy atom. The lowest BCUT2D eigenvalue weighted by Crippen LogP contribution is -2.40. The molecule has 6 heteroatoms. The van der Waals surface area contributed by atoms with Crippen molar-refractivity contribution in [3.8, 4) is 6.07 Å². The molecule has 1 aromatic carbocycles. The van der Waals surface area contributed by atoms with E-state index in [2.05, 4.69) is 4.72 Å². The van der Waals surface area contributed by atoms with Gasteiger partial charge in [0.25, 0.3) is 0 Å². The van der Waals surface area contributed by atoms with Crippen molar-refractivity contribution in [3.63, 3.8) is 0 Å². The van der Waals surface area contributed by atoms with E-state index in [1.54, 1.807) is 27.7 Å². The minimum Gasteiger partial charge on any atom is -0.212 e. The summed E-state index contributed by atoms with van der Waals surface area (Å²) in [5, 5.41) is 8.79. The Labute approximate surface area is 113 Å². The van der Waals surface area contributed by atoms with Crippen molar-refractivity contribution in [2.75, 3.05) is 0 Å². The number of hydrogen-bond donors (Lipinski definition) is 1. The molecule has 0 saturated carbocycles. The second-order valence-electron chi connectivity index (χ2n) is 5.30. The Kier molecular flexibility index (Phi) is 4.33. The Balaban J connectivity index is 3.10. The Morgan fingerprint density at radius 3 is 2.42 bits per heavy atom. The fraction of sp³-hybridized carbons (Fsp3) is 0.462. The summed E-state index contributed by atoms with van der Waals surface area (Å²) >= 11 is 0. The van der Waals surface area contributed by atoms with Crippen LogP contribution in [0.5, 0.6) is 0 Å². The maximum Gasteiger partial charge on any atom is 0.217 e. The van der Waals surface area contributed by atoms with Crippen molar-refractivity contribution in [2.45, 2.75) is 38.5 Å². The highest BCUT2D eigenvalue weighted by molar-refractivity contribution is 7.90. The van der Waals surface area contributed by atoms with E-state index in [-0.39, 0.29) is 5.56 Å². The zero-order valence-electron chi connectivity index (χ0n) is 11.4. The van der Waals surface area contributed by atoms with Crippen LogP contribution in [0.4, 0.5) is 4.39 Å². The molecule has 1 N–H and O–H groups in total. The quantitative estimate of drug-likeness (QED) is 0.927. The fourth-order valence-corrected chi connectivity index (χ4v) is 2.36. The van der Waals surface area contributed by atoms with Gasteiger partial charge in [-0.2, -0.15) is 5.26 Å². The van der Waals surface area contributed by atoms with Gasteiger partial charge in [-0.05, 0) is 45.9 Å². The van der Waals surface area contributed by atoms with Crippen LogP contribution < -0.4 is 4.72 Å². The highest BCUT2D eigenvalue weighted by Crippen LogP contribution is 2.22. The van der Waals surface area contributed by atoms with Gasteiger partial charge in [0.05, 0.1) is 16.4 Å². The van der Waals surface area contributed by atoms with Gasteiger partial charge in [0, 0.05) is 11.6 Å². The van der Waals surface area contributed by atoms with Gasteiger partial charge in [-0.25, -0.2) is 17.5 Å². The van der Waals surface area contributed by atoms with Crippen molar-refractivity contribution < 1.29 is 12.8 Å². The number of rotatable bonds is 3. The van der Waals surface area contributed by atoms with Crippen LogP contribution in [0.3, 0.4) is 0 Å². The van der Waals surface area contributed by atoms with E-state index in [1.807, 2.05) is 6.07 Å². The van der Waals surface area contributed by atoms with E-state index in [9.17, 15) is 12.8 Å². The van der Waals surface area contributed by atoms with Gasteiger partial charge in [-0.3, -0.25) is 0 Å². The molecule has 1 atom stereocenters. The van der Waals surface area contributed by atoms with E-state index in [4.69, 9.17) is 5.26 Å². The minimum absolute atomic E-state index is 0.159. The molecule has 0 amide bonds. The minimum atomic E-state index is -3.58. The average Bonchev–Trinajstić information content (AvgIpc) is 2.27. The Bertz CT molecular complexity index is 613. The lowest BCUT2D eigenvalue weighted by Gasteiger charge is -2.23. The number of nitrogens with zero attached hydrogens (tertiary/aromatic N) is 1. The molecule has 0 bridgehead atoms. The standard InChI is InChI=1S/C13H17FN2O2S/c1-9(16-19(17,18)13(2,3)4)11-7-10(8-15)5-6-12(11)14/h5-7,9,16H,1-4H3/t9-/m0/s1. The van der Waals surface area contributed by atoms with Crippen LogP contribution >= 0.6 is 0 Å². The lowest BCUT2D eigenvalue weighted by molar-refractivity contribution is 0.523. The van der Waals surface area contributed by atoms with Gasteiger partial charge < -0.3 is 0 Å². The molecule has 0 unspecified atom stereocenters. The summed E-state index contributed by atoms with van der Waals surface area (Å²) in [6.45, 7) is 6.22. The normalized spacial score (nSPS) is 13.9. The van der Waals surface area contributed by atoms with Crippen molar-refractivity contribution in [1.29, 1.82) is 5.26 Å². The number of nitrogens with one attached hydrogen (secondary N) is 1. The second-order valence-corrected chi connectivity index (χ2v) is 7.77. The molecule has 1 rings (SSSR count). The first-order chi connectivity index (χ1) is 8.58. The highest BCUT2D eigenvalue weighted by Gasteiger charge is 2.31. The summed E-state index contributed by atoms with van der Waals surface area (Å²) in [6.07, 6.45) is 0. The molecule has 0 heterocycles. The van der Waals surface area contributed by atoms with Crippen LogP contribution in [0.25, 0.3) is 0 Å². The maximum atomic E-state index is 13.7. The summed E-state index contributed by atoms with van der Waals surface area (Å²) < 4.78 is 39.1. The third-order valence-electron chi connectivity index (χ3n) is 2.73. The first-order valence-electron chi connectivity index (χ1n) is 5.80. The molecular weight excluding hydrogens is 267 g/mol. The third kappa shape index (κ3) is 3.52. The van der Waals surface area contributed by atoms with Gasteiger partial charge in [-0.1, -0.05) is 0 Å². The van der Waals surface area contributed by atoms with Gasteiger partial charge in [0.1, 0.15) is 5.82 Å². The Hall–Kier alpha value is -1.45.